The fraction of sp³-hybridized carbons (Fsp3) is 0.125. The summed E-state index contributed by atoms with van der Waals surface area (Å²) in [6.07, 6.45) is 0. The summed E-state index contributed by atoms with van der Waals surface area (Å²) in [7, 11) is 0. The summed E-state index contributed by atoms with van der Waals surface area (Å²) in [5.74, 6) is -0.737. The lowest BCUT2D eigenvalue weighted by Crippen LogP contribution is -2.20. The van der Waals surface area contributed by atoms with Crippen molar-refractivity contribution in [3.8, 4) is 0 Å². The van der Waals surface area contributed by atoms with Gasteiger partial charge in [0.25, 0.3) is 5.91 Å². The van der Waals surface area contributed by atoms with Gasteiger partial charge in [-0.15, -0.1) is 0 Å². The van der Waals surface area contributed by atoms with E-state index in [0.29, 0.717) is 5.56 Å². The Hall–Kier alpha value is -0.420. The van der Waals surface area contributed by atoms with Crippen LogP contribution in [0.4, 0.5) is 10.1 Å². The van der Waals surface area contributed by atoms with Gasteiger partial charge in [0, 0.05) is 5.56 Å². The first-order valence-electron chi connectivity index (χ1n) is 3.52. The van der Waals surface area contributed by atoms with E-state index in [0.717, 1.165) is 0 Å². The third-order valence-electron chi connectivity index (χ3n) is 1.88. The quantitative estimate of drug-likeness (QED) is 0.734. The Kier molecular flexibility index (Phi) is 1.96. The van der Waals surface area contributed by atoms with E-state index in [-0.39, 0.29) is 11.6 Å². The molecule has 1 aromatic carbocycles. The van der Waals surface area contributed by atoms with Crippen molar-refractivity contribution in [2.75, 3.05) is 5.32 Å². The first-order chi connectivity index (χ1) is 6.03. The van der Waals surface area contributed by atoms with Crippen molar-refractivity contribution < 1.29 is 9.18 Å². The Morgan fingerprint density at radius 3 is 2.69 bits per heavy atom. The van der Waals surface area contributed by atoms with Crippen LogP contribution in [-0.4, -0.2) is 5.91 Å². The number of rotatable bonds is 0. The van der Waals surface area contributed by atoms with Crippen molar-refractivity contribution in [3.63, 3.8) is 0 Å². The molecule has 0 spiro atoms. The molecule has 1 aromatic rings. The number of amides is 1. The summed E-state index contributed by atoms with van der Waals surface area (Å²) in [5, 5.41) is 2.45. The number of halogens is 3. The maximum absolute atomic E-state index is 13.2. The maximum atomic E-state index is 13.2. The monoisotopic (exact) mass is 307 g/mol. The standard InChI is InChI=1S/C8H4Br2FNO/c9-8(10)4-2-1-3-5(11)6(4)12-7(8)13/h1-3H,(H,12,13). The van der Waals surface area contributed by atoms with Gasteiger partial charge < -0.3 is 5.32 Å². The highest BCUT2D eigenvalue weighted by atomic mass is 79.9. The van der Waals surface area contributed by atoms with E-state index in [9.17, 15) is 9.18 Å². The van der Waals surface area contributed by atoms with E-state index < -0.39 is 9.05 Å². The lowest BCUT2D eigenvalue weighted by molar-refractivity contribution is -0.115. The van der Waals surface area contributed by atoms with Crippen molar-refractivity contribution in [1.82, 2.24) is 0 Å². The number of benzene rings is 1. The molecule has 1 N–H and O–H groups in total. The van der Waals surface area contributed by atoms with Crippen LogP contribution in [0.5, 0.6) is 0 Å². The van der Waals surface area contributed by atoms with E-state index >= 15 is 0 Å². The Morgan fingerprint density at radius 1 is 1.38 bits per heavy atom. The summed E-state index contributed by atoms with van der Waals surface area (Å²) in [6.45, 7) is 0. The Bertz CT molecular complexity index is 392. The number of anilines is 1. The van der Waals surface area contributed by atoms with Crippen LogP contribution < -0.4 is 5.32 Å². The minimum Gasteiger partial charge on any atom is -0.321 e. The Morgan fingerprint density at radius 2 is 2.08 bits per heavy atom. The number of hydrogen-bond acceptors (Lipinski definition) is 1. The largest absolute Gasteiger partial charge is 0.321 e. The van der Waals surface area contributed by atoms with Gasteiger partial charge in [-0.3, -0.25) is 4.79 Å². The second kappa shape index (κ2) is 2.78. The second-order valence-corrected chi connectivity index (χ2v) is 6.13. The lowest BCUT2D eigenvalue weighted by Gasteiger charge is -2.09. The lowest BCUT2D eigenvalue weighted by atomic mass is 10.1. The van der Waals surface area contributed by atoms with Crippen molar-refractivity contribution >= 4 is 43.5 Å². The Balaban J connectivity index is 2.68. The van der Waals surface area contributed by atoms with Crippen molar-refractivity contribution in [2.24, 2.45) is 0 Å². The average Bonchev–Trinajstić information content (AvgIpc) is 2.28. The molecule has 0 aliphatic carbocycles. The summed E-state index contributed by atoms with van der Waals surface area (Å²) >= 11 is 6.36. The highest BCUT2D eigenvalue weighted by Gasteiger charge is 2.43. The molecular weight excluding hydrogens is 305 g/mol. The van der Waals surface area contributed by atoms with Crippen LogP contribution in [-0.2, 0) is 8.03 Å². The maximum Gasteiger partial charge on any atom is 0.256 e. The van der Waals surface area contributed by atoms with Crippen LogP contribution in [0.3, 0.4) is 0 Å². The molecule has 13 heavy (non-hydrogen) atoms. The number of alkyl halides is 2. The van der Waals surface area contributed by atoms with Crippen molar-refractivity contribution in [1.29, 1.82) is 0 Å². The predicted octanol–water partition coefficient (Wildman–Crippen LogP) is 2.72. The zero-order valence-electron chi connectivity index (χ0n) is 6.27. The molecule has 0 saturated heterocycles. The van der Waals surface area contributed by atoms with Crippen LogP contribution in [0.25, 0.3) is 0 Å². The molecule has 2 nitrogen and oxygen atoms in total. The number of nitrogens with one attached hydrogen (secondary N) is 1. The molecule has 0 bridgehead atoms. The van der Waals surface area contributed by atoms with Gasteiger partial charge in [0.15, 0.2) is 3.23 Å². The number of hydrogen-bond donors (Lipinski definition) is 1. The SMILES string of the molecule is O=C1Nc2c(F)cccc2C1(Br)Br. The fourth-order valence-corrected chi connectivity index (χ4v) is 2.09. The topological polar surface area (TPSA) is 29.1 Å². The molecule has 0 aromatic heterocycles. The molecule has 0 saturated carbocycles. The molecule has 5 heteroatoms. The summed E-state index contributed by atoms with van der Waals surface area (Å²) in [4.78, 5) is 11.3. The highest BCUT2D eigenvalue weighted by molar-refractivity contribution is 9.25. The van der Waals surface area contributed by atoms with Gasteiger partial charge in [0.1, 0.15) is 5.82 Å². The number of fused-ring (bicyclic) bond motifs is 1. The van der Waals surface area contributed by atoms with Crippen LogP contribution in [0.2, 0.25) is 0 Å². The van der Waals surface area contributed by atoms with Crippen LogP contribution in [0, 0.1) is 5.82 Å². The van der Waals surface area contributed by atoms with Gasteiger partial charge in [-0.2, -0.15) is 0 Å². The molecule has 0 radical (unpaired) electrons. The first kappa shape index (κ1) is 9.15. The smallest absolute Gasteiger partial charge is 0.256 e. The third kappa shape index (κ3) is 1.21. The van der Waals surface area contributed by atoms with Crippen molar-refractivity contribution in [3.05, 3.63) is 29.6 Å². The van der Waals surface area contributed by atoms with Crippen LogP contribution in [0.15, 0.2) is 18.2 Å². The zero-order valence-corrected chi connectivity index (χ0v) is 9.45. The van der Waals surface area contributed by atoms with Crippen molar-refractivity contribution in [2.45, 2.75) is 3.23 Å². The molecule has 0 atom stereocenters. The van der Waals surface area contributed by atoms with E-state index in [4.69, 9.17) is 0 Å². The molecule has 1 aliphatic rings. The fourth-order valence-electron chi connectivity index (χ4n) is 1.23. The molecule has 1 heterocycles. The molecule has 0 unspecified atom stereocenters. The highest BCUT2D eigenvalue weighted by Crippen LogP contribution is 2.47. The minimum absolute atomic E-state index is 0.237. The number of carbonyl (C=O) groups excluding carboxylic acids is 1. The van der Waals surface area contributed by atoms with E-state index in [2.05, 4.69) is 37.2 Å². The average molecular weight is 309 g/mol. The van der Waals surface area contributed by atoms with Gasteiger partial charge in [0.2, 0.25) is 0 Å². The first-order valence-corrected chi connectivity index (χ1v) is 5.10. The molecular formula is C8H4Br2FNO. The van der Waals surface area contributed by atoms with Crippen LogP contribution >= 0.6 is 31.9 Å². The molecule has 0 fully saturated rings. The normalized spacial score (nSPS) is 18.2. The molecule has 2 rings (SSSR count). The predicted molar refractivity (Wildman–Crippen MR) is 54.6 cm³/mol. The van der Waals surface area contributed by atoms with Gasteiger partial charge in [0.05, 0.1) is 5.69 Å². The molecule has 68 valence electrons. The third-order valence-corrected chi connectivity index (χ3v) is 3.45. The van der Waals surface area contributed by atoms with Gasteiger partial charge in [-0.25, -0.2) is 4.39 Å². The Labute approximate surface area is 90.8 Å². The summed E-state index contributed by atoms with van der Waals surface area (Å²) in [6, 6.07) is 4.55. The van der Waals surface area contributed by atoms with Crippen LogP contribution in [0.1, 0.15) is 5.56 Å². The van der Waals surface area contributed by atoms with Gasteiger partial charge >= 0.3 is 0 Å². The van der Waals surface area contributed by atoms with E-state index in [1.165, 1.54) is 6.07 Å². The minimum atomic E-state index is -0.989. The number of para-hydroxylation sites is 1. The van der Waals surface area contributed by atoms with Gasteiger partial charge in [-0.1, -0.05) is 44.0 Å². The van der Waals surface area contributed by atoms with E-state index in [1.54, 1.807) is 12.1 Å². The number of carbonyl (C=O) groups is 1. The second-order valence-electron chi connectivity index (χ2n) is 2.69. The summed E-state index contributed by atoms with van der Waals surface area (Å²) < 4.78 is 12.2. The van der Waals surface area contributed by atoms with Gasteiger partial charge in [-0.05, 0) is 6.07 Å². The van der Waals surface area contributed by atoms with E-state index in [1.807, 2.05) is 0 Å². The summed E-state index contributed by atoms with van der Waals surface area (Å²) in [5.41, 5.74) is 0.804. The molecule has 1 aliphatic heterocycles. The zero-order chi connectivity index (χ0) is 9.64. The molecule has 1 amide bonds.